The van der Waals surface area contributed by atoms with Crippen LogP contribution in [-0.4, -0.2) is 12.1 Å². The van der Waals surface area contributed by atoms with E-state index < -0.39 is 17.8 Å². The van der Waals surface area contributed by atoms with E-state index in [0.717, 1.165) is 12.1 Å². The SMILES string of the molecule is COc1cccc(Oc2nc(C(F)(F)F)ccc2C#N)c1. The van der Waals surface area contributed by atoms with Gasteiger partial charge in [-0.25, -0.2) is 4.98 Å². The van der Waals surface area contributed by atoms with Crippen LogP contribution in [0.3, 0.4) is 0 Å². The number of nitriles is 1. The standard InChI is InChI=1S/C14H9F3N2O2/c1-20-10-3-2-4-11(7-10)21-13-9(8-18)5-6-12(19-13)14(15,16)17/h2-7H,1H3. The van der Waals surface area contributed by atoms with Gasteiger partial charge in [0.1, 0.15) is 28.8 Å². The number of benzene rings is 1. The minimum absolute atomic E-state index is 0.0918. The number of pyridine rings is 1. The van der Waals surface area contributed by atoms with Crippen molar-refractivity contribution in [2.75, 3.05) is 7.11 Å². The van der Waals surface area contributed by atoms with Gasteiger partial charge < -0.3 is 9.47 Å². The van der Waals surface area contributed by atoms with Gasteiger partial charge in [0.05, 0.1) is 7.11 Å². The Morgan fingerprint density at radius 3 is 2.48 bits per heavy atom. The van der Waals surface area contributed by atoms with Crippen LogP contribution >= 0.6 is 0 Å². The Morgan fingerprint density at radius 2 is 1.86 bits per heavy atom. The molecule has 0 amide bonds. The van der Waals surface area contributed by atoms with Crippen LogP contribution in [0, 0.1) is 11.3 Å². The third-order valence-electron chi connectivity index (χ3n) is 2.53. The monoisotopic (exact) mass is 294 g/mol. The van der Waals surface area contributed by atoms with Crippen molar-refractivity contribution in [2.45, 2.75) is 6.18 Å². The minimum Gasteiger partial charge on any atom is -0.497 e. The molecule has 0 aliphatic carbocycles. The second-order valence-electron chi connectivity index (χ2n) is 3.94. The molecule has 108 valence electrons. The number of nitrogens with zero attached hydrogens (tertiary/aromatic N) is 2. The minimum atomic E-state index is -4.61. The molecule has 1 aromatic heterocycles. The third-order valence-corrected chi connectivity index (χ3v) is 2.53. The molecular weight excluding hydrogens is 285 g/mol. The molecule has 0 saturated heterocycles. The predicted molar refractivity (Wildman–Crippen MR) is 67.0 cm³/mol. The zero-order valence-corrected chi connectivity index (χ0v) is 10.8. The van der Waals surface area contributed by atoms with Crippen molar-refractivity contribution in [3.05, 3.63) is 47.7 Å². The Labute approximate surface area is 118 Å². The summed E-state index contributed by atoms with van der Waals surface area (Å²) >= 11 is 0. The van der Waals surface area contributed by atoms with Crippen LogP contribution in [-0.2, 0) is 6.18 Å². The van der Waals surface area contributed by atoms with Gasteiger partial charge >= 0.3 is 6.18 Å². The van der Waals surface area contributed by atoms with Gasteiger partial charge in [-0.1, -0.05) is 6.07 Å². The second kappa shape index (κ2) is 5.71. The largest absolute Gasteiger partial charge is 0.497 e. The van der Waals surface area contributed by atoms with Gasteiger partial charge in [0.25, 0.3) is 0 Å². The number of methoxy groups -OCH3 is 1. The van der Waals surface area contributed by atoms with Crippen molar-refractivity contribution in [1.82, 2.24) is 4.98 Å². The molecule has 2 aromatic rings. The fourth-order valence-electron chi connectivity index (χ4n) is 1.54. The zero-order chi connectivity index (χ0) is 15.5. The summed E-state index contributed by atoms with van der Waals surface area (Å²) in [6.07, 6.45) is -4.61. The topological polar surface area (TPSA) is 55.1 Å². The number of rotatable bonds is 3. The maximum absolute atomic E-state index is 12.6. The van der Waals surface area contributed by atoms with E-state index in [1.165, 1.54) is 19.2 Å². The van der Waals surface area contributed by atoms with Gasteiger partial charge in [0.15, 0.2) is 0 Å². The molecule has 2 rings (SSSR count). The average molecular weight is 294 g/mol. The molecule has 0 fully saturated rings. The molecule has 0 atom stereocenters. The van der Waals surface area contributed by atoms with Gasteiger partial charge in [-0.3, -0.25) is 0 Å². The van der Waals surface area contributed by atoms with Crippen LogP contribution in [0.2, 0.25) is 0 Å². The molecule has 4 nitrogen and oxygen atoms in total. The summed E-state index contributed by atoms with van der Waals surface area (Å²) in [5.74, 6) is 0.288. The van der Waals surface area contributed by atoms with Crippen molar-refractivity contribution in [1.29, 1.82) is 5.26 Å². The van der Waals surface area contributed by atoms with Crippen LogP contribution < -0.4 is 9.47 Å². The lowest BCUT2D eigenvalue weighted by molar-refractivity contribution is -0.141. The van der Waals surface area contributed by atoms with Gasteiger partial charge in [-0.05, 0) is 24.3 Å². The number of halogens is 3. The molecule has 0 aliphatic rings. The van der Waals surface area contributed by atoms with E-state index in [1.807, 2.05) is 0 Å². The summed E-state index contributed by atoms with van der Waals surface area (Å²) in [6.45, 7) is 0. The van der Waals surface area contributed by atoms with E-state index in [4.69, 9.17) is 14.7 Å². The van der Waals surface area contributed by atoms with E-state index in [9.17, 15) is 13.2 Å². The molecular formula is C14H9F3N2O2. The summed E-state index contributed by atoms with van der Waals surface area (Å²) in [5.41, 5.74) is -1.22. The Bertz CT molecular complexity index is 693. The first-order valence-electron chi connectivity index (χ1n) is 5.74. The van der Waals surface area contributed by atoms with Gasteiger partial charge in [-0.2, -0.15) is 18.4 Å². The highest BCUT2D eigenvalue weighted by atomic mass is 19.4. The number of ether oxygens (including phenoxy) is 2. The first kappa shape index (κ1) is 14.7. The highest BCUT2D eigenvalue weighted by molar-refractivity contribution is 5.43. The Balaban J connectivity index is 2.40. The zero-order valence-electron chi connectivity index (χ0n) is 10.8. The molecule has 0 bridgehead atoms. The lowest BCUT2D eigenvalue weighted by Crippen LogP contribution is -2.09. The highest BCUT2D eigenvalue weighted by Crippen LogP contribution is 2.32. The van der Waals surface area contributed by atoms with Crippen LogP contribution in [0.4, 0.5) is 13.2 Å². The van der Waals surface area contributed by atoms with Crippen LogP contribution in [0.1, 0.15) is 11.3 Å². The summed E-state index contributed by atoms with van der Waals surface area (Å²) < 4.78 is 48.2. The lowest BCUT2D eigenvalue weighted by Gasteiger charge is -2.10. The molecule has 0 radical (unpaired) electrons. The fourth-order valence-corrected chi connectivity index (χ4v) is 1.54. The molecule has 0 N–H and O–H groups in total. The van der Waals surface area contributed by atoms with E-state index in [2.05, 4.69) is 4.98 Å². The molecule has 7 heteroatoms. The summed E-state index contributed by atoms with van der Waals surface area (Å²) in [7, 11) is 1.45. The number of hydrogen-bond acceptors (Lipinski definition) is 4. The fraction of sp³-hybridized carbons (Fsp3) is 0.143. The number of aromatic nitrogens is 1. The molecule has 1 aromatic carbocycles. The van der Waals surface area contributed by atoms with Gasteiger partial charge in [0, 0.05) is 6.07 Å². The van der Waals surface area contributed by atoms with E-state index in [-0.39, 0.29) is 11.3 Å². The van der Waals surface area contributed by atoms with Gasteiger partial charge in [-0.15, -0.1) is 0 Å². The lowest BCUT2D eigenvalue weighted by atomic mass is 10.2. The average Bonchev–Trinajstić information content (AvgIpc) is 2.46. The first-order valence-corrected chi connectivity index (χ1v) is 5.74. The van der Waals surface area contributed by atoms with Crippen molar-refractivity contribution in [3.63, 3.8) is 0 Å². The highest BCUT2D eigenvalue weighted by Gasteiger charge is 2.33. The smallest absolute Gasteiger partial charge is 0.433 e. The molecule has 0 saturated carbocycles. The molecule has 0 unspecified atom stereocenters. The Hall–Kier alpha value is -2.75. The van der Waals surface area contributed by atoms with Crippen molar-refractivity contribution < 1.29 is 22.6 Å². The van der Waals surface area contributed by atoms with Crippen LogP contribution in [0.15, 0.2) is 36.4 Å². The number of alkyl halides is 3. The van der Waals surface area contributed by atoms with E-state index >= 15 is 0 Å². The van der Waals surface area contributed by atoms with E-state index in [0.29, 0.717) is 5.75 Å². The van der Waals surface area contributed by atoms with Gasteiger partial charge in [0.2, 0.25) is 5.88 Å². The van der Waals surface area contributed by atoms with Crippen molar-refractivity contribution in [3.8, 4) is 23.4 Å². The van der Waals surface area contributed by atoms with E-state index in [1.54, 1.807) is 18.2 Å². The van der Waals surface area contributed by atoms with Crippen LogP contribution in [0.25, 0.3) is 0 Å². The normalized spacial score (nSPS) is 10.8. The molecule has 0 spiro atoms. The number of hydrogen-bond donors (Lipinski definition) is 0. The van der Waals surface area contributed by atoms with Crippen LogP contribution in [0.5, 0.6) is 17.4 Å². The van der Waals surface area contributed by atoms with Crippen molar-refractivity contribution >= 4 is 0 Å². The maximum Gasteiger partial charge on any atom is 0.433 e. The Morgan fingerprint density at radius 1 is 1.14 bits per heavy atom. The van der Waals surface area contributed by atoms with Crippen molar-refractivity contribution in [2.24, 2.45) is 0 Å². The summed E-state index contributed by atoms with van der Waals surface area (Å²) in [4.78, 5) is 3.36. The molecule has 0 aliphatic heterocycles. The Kier molecular flexibility index (Phi) is 3.98. The molecule has 1 heterocycles. The first-order chi connectivity index (χ1) is 9.94. The predicted octanol–water partition coefficient (Wildman–Crippen LogP) is 3.77. The quantitative estimate of drug-likeness (QED) is 0.864. The second-order valence-corrected chi connectivity index (χ2v) is 3.94. The maximum atomic E-state index is 12.6. The molecule has 21 heavy (non-hydrogen) atoms. The third kappa shape index (κ3) is 3.42. The summed E-state index contributed by atoms with van der Waals surface area (Å²) in [6, 6.07) is 9.74. The summed E-state index contributed by atoms with van der Waals surface area (Å²) in [5, 5.41) is 8.91.